The van der Waals surface area contributed by atoms with Crippen LogP contribution in [0.2, 0.25) is 0 Å². The van der Waals surface area contributed by atoms with Crippen LogP contribution in [0.15, 0.2) is 23.8 Å². The highest BCUT2D eigenvalue weighted by molar-refractivity contribution is 5.87. The third-order valence-electron chi connectivity index (χ3n) is 5.15. The summed E-state index contributed by atoms with van der Waals surface area (Å²) in [4.78, 5) is 12.2. The Morgan fingerprint density at radius 1 is 1.35 bits per heavy atom. The second-order valence-corrected chi connectivity index (χ2v) is 7.06. The van der Waals surface area contributed by atoms with E-state index in [1.54, 1.807) is 13.0 Å². The van der Waals surface area contributed by atoms with Crippen LogP contribution >= 0.6 is 0 Å². The molecule has 1 aliphatic rings. The van der Waals surface area contributed by atoms with Crippen LogP contribution in [0, 0.1) is 12.8 Å². The summed E-state index contributed by atoms with van der Waals surface area (Å²) in [5, 5.41) is 10.1. The van der Waals surface area contributed by atoms with Gasteiger partial charge < -0.3 is 9.84 Å². The fourth-order valence-corrected chi connectivity index (χ4v) is 3.36. The SMILES string of the molecule is C/C=C(/C)C(=O)O[C@@H]1C[C@@H](C(C)C)c2cc(C)c(O)cc2[C@H]1C. The zero-order valence-electron chi connectivity index (χ0n) is 15.0. The topological polar surface area (TPSA) is 46.5 Å². The first-order valence-corrected chi connectivity index (χ1v) is 8.43. The molecule has 1 aromatic carbocycles. The highest BCUT2D eigenvalue weighted by Gasteiger charge is 2.36. The minimum Gasteiger partial charge on any atom is -0.508 e. The van der Waals surface area contributed by atoms with Crippen molar-refractivity contribution in [2.24, 2.45) is 5.92 Å². The number of phenols is 1. The van der Waals surface area contributed by atoms with E-state index in [1.807, 2.05) is 19.9 Å². The molecule has 0 unspecified atom stereocenters. The standard InChI is InChI=1S/C20H28O3/c1-7-12(4)20(22)23-19-10-15(11(2)3)17-8-13(5)18(21)9-16(17)14(19)6/h7-9,11,14-15,19,21H,10H2,1-6H3/b12-7-/t14-,15+,19-/m1/s1. The van der Waals surface area contributed by atoms with E-state index in [0.717, 1.165) is 17.5 Å². The summed E-state index contributed by atoms with van der Waals surface area (Å²) in [5.41, 5.74) is 3.93. The number of ether oxygens (including phenoxy) is 1. The fraction of sp³-hybridized carbons (Fsp3) is 0.550. The second kappa shape index (κ2) is 6.77. The van der Waals surface area contributed by atoms with Gasteiger partial charge in [0.2, 0.25) is 0 Å². The van der Waals surface area contributed by atoms with Gasteiger partial charge in [0.1, 0.15) is 11.9 Å². The summed E-state index contributed by atoms with van der Waals surface area (Å²) in [6.07, 6.45) is 2.46. The average Bonchev–Trinajstić information content (AvgIpc) is 2.50. The zero-order valence-corrected chi connectivity index (χ0v) is 15.0. The van der Waals surface area contributed by atoms with E-state index < -0.39 is 0 Å². The van der Waals surface area contributed by atoms with Gasteiger partial charge in [-0.2, -0.15) is 0 Å². The number of allylic oxidation sites excluding steroid dienone is 1. The Hall–Kier alpha value is -1.77. The maximum atomic E-state index is 12.2. The van der Waals surface area contributed by atoms with E-state index in [1.165, 1.54) is 5.56 Å². The summed E-state index contributed by atoms with van der Waals surface area (Å²) in [5.74, 6) is 0.944. The van der Waals surface area contributed by atoms with Gasteiger partial charge in [-0.15, -0.1) is 0 Å². The van der Waals surface area contributed by atoms with Crippen molar-refractivity contribution in [3.05, 3.63) is 40.5 Å². The minimum absolute atomic E-state index is 0.0834. The third-order valence-corrected chi connectivity index (χ3v) is 5.15. The van der Waals surface area contributed by atoms with Crippen molar-refractivity contribution >= 4 is 5.97 Å². The van der Waals surface area contributed by atoms with Gasteiger partial charge in [-0.25, -0.2) is 4.79 Å². The highest BCUT2D eigenvalue weighted by Crippen LogP contribution is 2.45. The molecule has 23 heavy (non-hydrogen) atoms. The lowest BCUT2D eigenvalue weighted by Crippen LogP contribution is -2.33. The first kappa shape index (κ1) is 17.6. The Bertz CT molecular complexity index is 628. The largest absolute Gasteiger partial charge is 0.508 e. The third kappa shape index (κ3) is 3.44. The molecule has 3 atom stereocenters. The van der Waals surface area contributed by atoms with Gasteiger partial charge in [-0.05, 0) is 61.8 Å². The van der Waals surface area contributed by atoms with Crippen LogP contribution in [0.3, 0.4) is 0 Å². The van der Waals surface area contributed by atoms with Crippen LogP contribution < -0.4 is 0 Å². The van der Waals surface area contributed by atoms with E-state index in [0.29, 0.717) is 23.2 Å². The Labute approximate surface area is 139 Å². The summed E-state index contributed by atoms with van der Waals surface area (Å²) in [6.45, 7) is 12.0. The van der Waals surface area contributed by atoms with Crippen molar-refractivity contribution in [1.29, 1.82) is 0 Å². The molecule has 1 aromatic rings. The van der Waals surface area contributed by atoms with Crippen molar-refractivity contribution in [3.63, 3.8) is 0 Å². The number of aromatic hydroxyl groups is 1. The number of aryl methyl sites for hydroxylation is 1. The fourth-order valence-electron chi connectivity index (χ4n) is 3.36. The van der Waals surface area contributed by atoms with Gasteiger partial charge in [0.25, 0.3) is 0 Å². The molecule has 3 nitrogen and oxygen atoms in total. The van der Waals surface area contributed by atoms with Crippen molar-refractivity contribution in [1.82, 2.24) is 0 Å². The number of hydrogen-bond acceptors (Lipinski definition) is 3. The van der Waals surface area contributed by atoms with Crippen molar-refractivity contribution < 1.29 is 14.6 Å². The molecule has 0 amide bonds. The molecule has 0 fully saturated rings. The summed E-state index contributed by atoms with van der Waals surface area (Å²) < 4.78 is 5.77. The number of carbonyl (C=O) groups excluding carboxylic acids is 1. The Kier molecular flexibility index (Phi) is 5.18. The Morgan fingerprint density at radius 3 is 2.57 bits per heavy atom. The van der Waals surface area contributed by atoms with Crippen molar-refractivity contribution in [2.75, 3.05) is 0 Å². The lowest BCUT2D eigenvalue weighted by atomic mass is 9.71. The molecule has 2 rings (SSSR count). The molecule has 1 N–H and O–H groups in total. The van der Waals surface area contributed by atoms with Crippen LogP contribution in [0.1, 0.15) is 69.6 Å². The molecule has 0 heterocycles. The number of rotatable bonds is 3. The predicted octanol–water partition coefficient (Wildman–Crippen LogP) is 4.83. The molecule has 0 aliphatic heterocycles. The first-order chi connectivity index (χ1) is 10.8. The number of fused-ring (bicyclic) bond motifs is 1. The minimum atomic E-state index is -0.244. The molecule has 0 spiro atoms. The van der Waals surface area contributed by atoms with Crippen LogP contribution in [0.4, 0.5) is 0 Å². The first-order valence-electron chi connectivity index (χ1n) is 8.43. The number of benzene rings is 1. The van der Waals surface area contributed by atoms with Gasteiger partial charge >= 0.3 is 5.97 Å². The van der Waals surface area contributed by atoms with Crippen molar-refractivity contribution in [2.45, 2.75) is 65.9 Å². The lowest BCUT2D eigenvalue weighted by molar-refractivity contribution is -0.146. The predicted molar refractivity (Wildman–Crippen MR) is 92.8 cm³/mol. The number of esters is 1. The maximum Gasteiger partial charge on any atom is 0.333 e. The molecule has 0 bridgehead atoms. The molecule has 0 aromatic heterocycles. The molecule has 0 saturated heterocycles. The molecule has 0 saturated carbocycles. The monoisotopic (exact) mass is 316 g/mol. The van der Waals surface area contributed by atoms with Crippen LogP contribution in [0.25, 0.3) is 0 Å². The molecular weight excluding hydrogens is 288 g/mol. The quantitative estimate of drug-likeness (QED) is 0.642. The van der Waals surface area contributed by atoms with Crippen LogP contribution in [-0.4, -0.2) is 17.2 Å². The van der Waals surface area contributed by atoms with Gasteiger partial charge in [0.15, 0.2) is 0 Å². The molecular formula is C20H28O3. The normalized spacial score (nSPS) is 24.5. The maximum absolute atomic E-state index is 12.2. The molecule has 1 aliphatic carbocycles. The second-order valence-electron chi connectivity index (χ2n) is 7.06. The Morgan fingerprint density at radius 2 is 2.00 bits per heavy atom. The van der Waals surface area contributed by atoms with Crippen molar-refractivity contribution in [3.8, 4) is 5.75 Å². The highest BCUT2D eigenvalue weighted by atomic mass is 16.5. The van der Waals surface area contributed by atoms with E-state index in [4.69, 9.17) is 4.74 Å². The summed E-state index contributed by atoms with van der Waals surface area (Å²) >= 11 is 0. The number of hydrogen-bond donors (Lipinski definition) is 1. The number of phenolic OH excluding ortho intramolecular Hbond substituents is 1. The summed E-state index contributed by atoms with van der Waals surface area (Å²) in [6, 6.07) is 3.95. The lowest BCUT2D eigenvalue weighted by Gasteiger charge is -2.38. The average molecular weight is 316 g/mol. The smallest absolute Gasteiger partial charge is 0.333 e. The zero-order chi connectivity index (χ0) is 17.3. The van der Waals surface area contributed by atoms with E-state index in [-0.39, 0.29) is 18.0 Å². The van der Waals surface area contributed by atoms with Gasteiger partial charge in [0, 0.05) is 11.5 Å². The van der Waals surface area contributed by atoms with E-state index in [9.17, 15) is 9.90 Å². The van der Waals surface area contributed by atoms with E-state index >= 15 is 0 Å². The number of carbonyl (C=O) groups is 1. The molecule has 3 heteroatoms. The van der Waals surface area contributed by atoms with Gasteiger partial charge in [-0.1, -0.05) is 32.9 Å². The Balaban J connectivity index is 2.39. The van der Waals surface area contributed by atoms with Gasteiger partial charge in [-0.3, -0.25) is 0 Å². The van der Waals surface area contributed by atoms with Crippen LogP contribution in [-0.2, 0) is 9.53 Å². The van der Waals surface area contributed by atoms with E-state index in [2.05, 4.69) is 26.8 Å². The van der Waals surface area contributed by atoms with Gasteiger partial charge in [0.05, 0.1) is 0 Å². The van der Waals surface area contributed by atoms with Crippen LogP contribution in [0.5, 0.6) is 5.75 Å². The molecule has 126 valence electrons. The molecule has 0 radical (unpaired) electrons. The summed E-state index contributed by atoms with van der Waals surface area (Å²) in [7, 11) is 0.